The van der Waals surface area contributed by atoms with Gasteiger partial charge < -0.3 is 5.32 Å². The zero-order chi connectivity index (χ0) is 19.0. The Morgan fingerprint density at radius 3 is 2.37 bits per heavy atom. The SMILES string of the molecule is Cc1ccc(S(=O)(=O)NC2CC2)cc1C(=O)NC(c1ccccc1)C1CC1. The predicted molar refractivity (Wildman–Crippen MR) is 104 cm³/mol. The molecule has 2 N–H and O–H groups in total. The lowest BCUT2D eigenvalue weighted by atomic mass is 10.0. The Balaban J connectivity index is 1.58. The number of carbonyl (C=O) groups excluding carboxylic acids is 1. The Labute approximate surface area is 160 Å². The van der Waals surface area contributed by atoms with Crippen molar-refractivity contribution in [3.8, 4) is 0 Å². The van der Waals surface area contributed by atoms with Crippen molar-refractivity contribution in [3.63, 3.8) is 0 Å². The second-order valence-electron chi connectivity index (χ2n) is 7.57. The molecule has 5 nitrogen and oxygen atoms in total. The van der Waals surface area contributed by atoms with Crippen LogP contribution < -0.4 is 10.0 Å². The van der Waals surface area contributed by atoms with Crippen molar-refractivity contribution in [1.82, 2.24) is 10.0 Å². The summed E-state index contributed by atoms with van der Waals surface area (Å²) in [5.41, 5.74) is 2.26. The van der Waals surface area contributed by atoms with Gasteiger partial charge in [0.25, 0.3) is 5.91 Å². The van der Waals surface area contributed by atoms with Crippen LogP contribution in [0.1, 0.15) is 53.2 Å². The zero-order valence-corrected chi connectivity index (χ0v) is 16.1. The first-order valence-electron chi connectivity index (χ1n) is 9.43. The van der Waals surface area contributed by atoms with Gasteiger partial charge in [0.15, 0.2) is 0 Å². The van der Waals surface area contributed by atoms with Crippen molar-refractivity contribution in [3.05, 3.63) is 65.2 Å². The third-order valence-electron chi connectivity index (χ3n) is 5.20. The molecule has 27 heavy (non-hydrogen) atoms. The highest BCUT2D eigenvalue weighted by molar-refractivity contribution is 7.89. The van der Waals surface area contributed by atoms with Crippen LogP contribution >= 0.6 is 0 Å². The van der Waals surface area contributed by atoms with Crippen LogP contribution in [0.4, 0.5) is 0 Å². The van der Waals surface area contributed by atoms with E-state index in [1.807, 2.05) is 37.3 Å². The van der Waals surface area contributed by atoms with E-state index >= 15 is 0 Å². The summed E-state index contributed by atoms with van der Waals surface area (Å²) in [7, 11) is -3.58. The topological polar surface area (TPSA) is 75.3 Å². The summed E-state index contributed by atoms with van der Waals surface area (Å²) in [6.45, 7) is 1.83. The molecule has 2 aromatic rings. The van der Waals surface area contributed by atoms with Gasteiger partial charge in [-0.1, -0.05) is 36.4 Å². The number of benzene rings is 2. The molecule has 0 bridgehead atoms. The number of aryl methyl sites for hydroxylation is 1. The molecule has 4 rings (SSSR count). The molecule has 0 saturated heterocycles. The maximum absolute atomic E-state index is 13.0. The van der Waals surface area contributed by atoms with Crippen LogP contribution in [0.3, 0.4) is 0 Å². The molecule has 1 amide bonds. The van der Waals surface area contributed by atoms with Gasteiger partial charge in [0.2, 0.25) is 10.0 Å². The fourth-order valence-electron chi connectivity index (χ4n) is 3.28. The Morgan fingerprint density at radius 2 is 1.74 bits per heavy atom. The van der Waals surface area contributed by atoms with Gasteiger partial charge in [0.1, 0.15) is 0 Å². The maximum atomic E-state index is 13.0. The molecular formula is C21H24N2O3S. The van der Waals surface area contributed by atoms with E-state index in [1.54, 1.807) is 12.1 Å². The third-order valence-corrected chi connectivity index (χ3v) is 6.72. The van der Waals surface area contributed by atoms with Crippen molar-refractivity contribution in [2.75, 3.05) is 0 Å². The van der Waals surface area contributed by atoms with Gasteiger partial charge >= 0.3 is 0 Å². The summed E-state index contributed by atoms with van der Waals surface area (Å²) in [5, 5.41) is 3.13. The summed E-state index contributed by atoms with van der Waals surface area (Å²) in [5.74, 6) is 0.219. The number of hydrogen-bond acceptors (Lipinski definition) is 3. The second-order valence-corrected chi connectivity index (χ2v) is 9.29. The number of amides is 1. The molecular weight excluding hydrogens is 360 g/mol. The van der Waals surface area contributed by atoms with E-state index in [1.165, 1.54) is 6.07 Å². The summed E-state index contributed by atoms with van der Waals surface area (Å²) in [6, 6.07) is 14.7. The summed E-state index contributed by atoms with van der Waals surface area (Å²) in [6.07, 6.45) is 3.94. The highest BCUT2D eigenvalue weighted by Crippen LogP contribution is 2.41. The van der Waals surface area contributed by atoms with Crippen LogP contribution in [-0.4, -0.2) is 20.4 Å². The Hall–Kier alpha value is -2.18. The zero-order valence-electron chi connectivity index (χ0n) is 15.3. The molecule has 1 atom stereocenters. The molecule has 0 spiro atoms. The molecule has 2 aliphatic carbocycles. The lowest BCUT2D eigenvalue weighted by molar-refractivity contribution is 0.0931. The van der Waals surface area contributed by atoms with Crippen molar-refractivity contribution < 1.29 is 13.2 Å². The highest BCUT2D eigenvalue weighted by atomic mass is 32.2. The van der Waals surface area contributed by atoms with E-state index in [0.29, 0.717) is 11.5 Å². The molecule has 2 saturated carbocycles. The first-order chi connectivity index (χ1) is 12.9. The number of sulfonamides is 1. The minimum Gasteiger partial charge on any atom is -0.345 e. The predicted octanol–water partition coefficient (Wildman–Crippen LogP) is 3.32. The van der Waals surface area contributed by atoms with Crippen LogP contribution in [0.25, 0.3) is 0 Å². The van der Waals surface area contributed by atoms with E-state index in [9.17, 15) is 13.2 Å². The lowest BCUT2D eigenvalue weighted by Gasteiger charge is -2.20. The molecule has 2 fully saturated rings. The minimum atomic E-state index is -3.58. The standard InChI is InChI=1S/C21H24N2O3S/c1-14-7-12-18(27(25,26)23-17-10-11-17)13-19(14)21(24)22-20(16-8-9-16)15-5-3-2-4-6-15/h2-7,12-13,16-17,20,23H,8-11H2,1H3,(H,22,24). The second kappa shape index (κ2) is 7.09. The summed E-state index contributed by atoms with van der Waals surface area (Å²) >= 11 is 0. The Bertz CT molecular complexity index is 949. The smallest absolute Gasteiger partial charge is 0.252 e. The average Bonchev–Trinajstić information content (AvgIpc) is 3.55. The van der Waals surface area contributed by atoms with Crippen LogP contribution in [0.5, 0.6) is 0 Å². The highest BCUT2D eigenvalue weighted by Gasteiger charge is 2.34. The van der Waals surface area contributed by atoms with Crippen LogP contribution in [0.15, 0.2) is 53.4 Å². The van der Waals surface area contributed by atoms with Gasteiger partial charge in [0, 0.05) is 11.6 Å². The Kier molecular flexibility index (Phi) is 4.78. The quantitative estimate of drug-likeness (QED) is 0.769. The number of carbonyl (C=O) groups is 1. The van der Waals surface area contributed by atoms with Gasteiger partial charge in [-0.2, -0.15) is 0 Å². The molecule has 2 aliphatic rings. The molecule has 0 aromatic heterocycles. The van der Waals surface area contributed by atoms with E-state index in [-0.39, 0.29) is 22.9 Å². The molecule has 6 heteroatoms. The molecule has 0 radical (unpaired) electrons. The molecule has 1 unspecified atom stereocenters. The van der Waals surface area contributed by atoms with E-state index < -0.39 is 10.0 Å². The van der Waals surface area contributed by atoms with Gasteiger partial charge in [-0.25, -0.2) is 13.1 Å². The van der Waals surface area contributed by atoms with Crippen molar-refractivity contribution in [2.45, 2.75) is 49.6 Å². The lowest BCUT2D eigenvalue weighted by Crippen LogP contribution is -2.31. The monoisotopic (exact) mass is 384 g/mol. The molecule has 142 valence electrons. The third kappa shape index (κ3) is 4.22. The van der Waals surface area contributed by atoms with Crippen LogP contribution in [-0.2, 0) is 10.0 Å². The largest absolute Gasteiger partial charge is 0.345 e. The van der Waals surface area contributed by atoms with Crippen molar-refractivity contribution in [2.24, 2.45) is 5.92 Å². The summed E-state index contributed by atoms with van der Waals surface area (Å²) < 4.78 is 27.6. The van der Waals surface area contributed by atoms with Crippen LogP contribution in [0, 0.1) is 12.8 Å². The first kappa shape index (κ1) is 18.2. The molecule has 0 aliphatic heterocycles. The molecule has 2 aromatic carbocycles. The fourth-order valence-corrected chi connectivity index (χ4v) is 4.61. The number of rotatable bonds is 7. The van der Waals surface area contributed by atoms with Gasteiger partial charge in [-0.05, 0) is 61.8 Å². The van der Waals surface area contributed by atoms with E-state index in [2.05, 4.69) is 10.0 Å². The van der Waals surface area contributed by atoms with Gasteiger partial charge in [0.05, 0.1) is 10.9 Å². The van der Waals surface area contributed by atoms with E-state index in [4.69, 9.17) is 0 Å². The number of hydrogen-bond donors (Lipinski definition) is 2. The van der Waals surface area contributed by atoms with Crippen molar-refractivity contribution in [1.29, 1.82) is 0 Å². The van der Waals surface area contributed by atoms with Crippen molar-refractivity contribution >= 4 is 15.9 Å². The maximum Gasteiger partial charge on any atom is 0.252 e. The van der Waals surface area contributed by atoms with Crippen LogP contribution in [0.2, 0.25) is 0 Å². The normalized spacial score (nSPS) is 18.1. The fraction of sp³-hybridized carbons (Fsp3) is 0.381. The minimum absolute atomic E-state index is 0.0332. The molecule has 0 heterocycles. The first-order valence-corrected chi connectivity index (χ1v) is 10.9. The van der Waals surface area contributed by atoms with Gasteiger partial charge in [-0.15, -0.1) is 0 Å². The number of nitrogens with one attached hydrogen (secondary N) is 2. The van der Waals surface area contributed by atoms with Gasteiger partial charge in [-0.3, -0.25) is 4.79 Å². The Morgan fingerprint density at radius 1 is 1.04 bits per heavy atom. The van der Waals surface area contributed by atoms with E-state index in [0.717, 1.165) is 36.8 Å². The average molecular weight is 385 g/mol. The summed E-state index contributed by atoms with van der Waals surface area (Å²) in [4.78, 5) is 13.1.